The Morgan fingerprint density at radius 3 is 2.26 bits per heavy atom. The van der Waals surface area contributed by atoms with Crippen molar-refractivity contribution in [3.8, 4) is 5.75 Å². The van der Waals surface area contributed by atoms with Gasteiger partial charge in [-0.1, -0.05) is 6.07 Å². The van der Waals surface area contributed by atoms with E-state index in [1.165, 1.54) is 32.2 Å². The van der Waals surface area contributed by atoms with Gasteiger partial charge in [-0.05, 0) is 24.3 Å². The van der Waals surface area contributed by atoms with Gasteiger partial charge in [0.2, 0.25) is 5.91 Å². The number of ether oxygens (including phenoxy) is 1. The number of hydrogen-bond donors (Lipinski definition) is 3. The van der Waals surface area contributed by atoms with Gasteiger partial charge in [0.05, 0.1) is 7.11 Å². The molecule has 0 aliphatic heterocycles. The van der Waals surface area contributed by atoms with Crippen molar-refractivity contribution in [2.45, 2.75) is 6.92 Å². The number of urea groups is 1. The first-order valence-electron chi connectivity index (χ1n) is 6.76. The van der Waals surface area contributed by atoms with Crippen LogP contribution < -0.4 is 20.7 Å². The van der Waals surface area contributed by atoms with E-state index in [0.29, 0.717) is 17.1 Å². The van der Waals surface area contributed by atoms with E-state index in [4.69, 9.17) is 4.74 Å². The number of anilines is 3. The molecule has 7 heteroatoms. The summed E-state index contributed by atoms with van der Waals surface area (Å²) < 4.78 is 18.3. The molecule has 23 heavy (non-hydrogen) atoms. The Kier molecular flexibility index (Phi) is 5.14. The van der Waals surface area contributed by atoms with Gasteiger partial charge in [-0.25, -0.2) is 9.18 Å². The summed E-state index contributed by atoms with van der Waals surface area (Å²) in [6, 6.07) is 9.99. The van der Waals surface area contributed by atoms with Crippen molar-refractivity contribution in [1.29, 1.82) is 0 Å². The highest BCUT2D eigenvalue weighted by Gasteiger charge is 2.07. The number of amides is 3. The van der Waals surface area contributed by atoms with Crippen LogP contribution in [0.2, 0.25) is 0 Å². The normalized spacial score (nSPS) is 9.87. The van der Waals surface area contributed by atoms with Crippen LogP contribution in [0, 0.1) is 5.82 Å². The number of carbonyl (C=O) groups is 2. The summed E-state index contributed by atoms with van der Waals surface area (Å²) in [6.07, 6.45) is 0. The Hall–Kier alpha value is -3.09. The number of rotatable bonds is 4. The molecule has 0 spiro atoms. The Morgan fingerprint density at radius 2 is 1.61 bits per heavy atom. The molecule has 0 aliphatic rings. The standard InChI is InChI=1S/C16H16FN3O3/c1-10(21)18-12-4-3-5-13(8-12)19-16(22)20-14-6-11(17)7-15(9-14)23-2/h3-9H,1-2H3,(H,18,21)(H2,19,20,22). The van der Waals surface area contributed by atoms with E-state index >= 15 is 0 Å². The largest absolute Gasteiger partial charge is 0.497 e. The molecule has 6 nitrogen and oxygen atoms in total. The van der Waals surface area contributed by atoms with Crippen LogP contribution in [0.1, 0.15) is 6.92 Å². The van der Waals surface area contributed by atoms with Crippen LogP contribution >= 0.6 is 0 Å². The third kappa shape index (κ3) is 4.99. The van der Waals surface area contributed by atoms with E-state index in [-0.39, 0.29) is 11.6 Å². The van der Waals surface area contributed by atoms with Crippen molar-refractivity contribution in [2.75, 3.05) is 23.1 Å². The molecule has 2 rings (SSSR count). The van der Waals surface area contributed by atoms with Gasteiger partial charge in [0.15, 0.2) is 0 Å². The third-order valence-corrected chi connectivity index (χ3v) is 2.81. The second kappa shape index (κ2) is 7.26. The third-order valence-electron chi connectivity index (χ3n) is 2.81. The summed E-state index contributed by atoms with van der Waals surface area (Å²) in [4.78, 5) is 23.0. The number of carbonyl (C=O) groups excluding carboxylic acids is 2. The lowest BCUT2D eigenvalue weighted by Gasteiger charge is -2.10. The fourth-order valence-electron chi connectivity index (χ4n) is 1.92. The lowest BCUT2D eigenvalue weighted by molar-refractivity contribution is -0.114. The topological polar surface area (TPSA) is 79.5 Å². The van der Waals surface area contributed by atoms with E-state index < -0.39 is 11.8 Å². The highest BCUT2D eigenvalue weighted by atomic mass is 19.1. The zero-order valence-electron chi connectivity index (χ0n) is 12.6. The molecule has 0 unspecified atom stereocenters. The monoisotopic (exact) mass is 317 g/mol. The summed E-state index contributed by atoms with van der Waals surface area (Å²) in [6.45, 7) is 1.39. The summed E-state index contributed by atoms with van der Waals surface area (Å²) in [7, 11) is 1.41. The molecule has 0 radical (unpaired) electrons. The fourth-order valence-corrected chi connectivity index (χ4v) is 1.92. The first kappa shape index (κ1) is 16.3. The van der Waals surface area contributed by atoms with Crippen molar-refractivity contribution < 1.29 is 18.7 Å². The molecule has 0 saturated carbocycles. The number of hydrogen-bond acceptors (Lipinski definition) is 3. The Morgan fingerprint density at radius 1 is 0.957 bits per heavy atom. The maximum Gasteiger partial charge on any atom is 0.323 e. The van der Waals surface area contributed by atoms with Gasteiger partial charge >= 0.3 is 6.03 Å². The van der Waals surface area contributed by atoms with E-state index in [2.05, 4.69) is 16.0 Å². The van der Waals surface area contributed by atoms with Gasteiger partial charge in [0.1, 0.15) is 11.6 Å². The van der Waals surface area contributed by atoms with Gasteiger partial charge < -0.3 is 20.7 Å². The highest BCUT2D eigenvalue weighted by Crippen LogP contribution is 2.20. The fraction of sp³-hybridized carbons (Fsp3) is 0.125. The minimum Gasteiger partial charge on any atom is -0.497 e. The van der Waals surface area contributed by atoms with Gasteiger partial charge in [-0.3, -0.25) is 4.79 Å². The lowest BCUT2D eigenvalue weighted by atomic mass is 10.2. The number of nitrogens with one attached hydrogen (secondary N) is 3. The van der Waals surface area contributed by atoms with E-state index in [1.54, 1.807) is 24.3 Å². The van der Waals surface area contributed by atoms with Crippen LogP contribution in [-0.4, -0.2) is 19.0 Å². The SMILES string of the molecule is COc1cc(F)cc(NC(=O)Nc2cccc(NC(C)=O)c2)c1. The molecule has 3 amide bonds. The van der Waals surface area contributed by atoms with Crippen LogP contribution in [0.3, 0.4) is 0 Å². The number of benzene rings is 2. The maximum atomic E-state index is 13.4. The predicted molar refractivity (Wildman–Crippen MR) is 86.3 cm³/mol. The quantitative estimate of drug-likeness (QED) is 0.808. The molecule has 0 aromatic heterocycles. The summed E-state index contributed by atoms with van der Waals surface area (Å²) in [5.41, 5.74) is 1.30. The first-order valence-corrected chi connectivity index (χ1v) is 6.76. The Bertz CT molecular complexity index is 734. The average molecular weight is 317 g/mol. The molecular weight excluding hydrogens is 301 g/mol. The number of halogens is 1. The molecular formula is C16H16FN3O3. The van der Waals surface area contributed by atoms with Gasteiger partial charge in [-0.2, -0.15) is 0 Å². The molecule has 0 atom stereocenters. The van der Waals surface area contributed by atoms with Gasteiger partial charge in [-0.15, -0.1) is 0 Å². The van der Waals surface area contributed by atoms with Gasteiger partial charge in [0, 0.05) is 36.1 Å². The average Bonchev–Trinajstić information content (AvgIpc) is 2.45. The molecule has 2 aromatic rings. The van der Waals surface area contributed by atoms with Gasteiger partial charge in [0.25, 0.3) is 0 Å². The van der Waals surface area contributed by atoms with Crippen molar-refractivity contribution in [1.82, 2.24) is 0 Å². The maximum absolute atomic E-state index is 13.4. The van der Waals surface area contributed by atoms with Crippen LogP contribution in [0.15, 0.2) is 42.5 Å². The van der Waals surface area contributed by atoms with Crippen LogP contribution in [0.5, 0.6) is 5.75 Å². The zero-order valence-corrected chi connectivity index (χ0v) is 12.6. The summed E-state index contributed by atoms with van der Waals surface area (Å²) in [5, 5.41) is 7.72. The van der Waals surface area contributed by atoms with E-state index in [1.807, 2.05) is 0 Å². The second-order valence-corrected chi connectivity index (χ2v) is 4.72. The predicted octanol–water partition coefficient (Wildman–Crippen LogP) is 3.44. The van der Waals surface area contributed by atoms with Crippen molar-refractivity contribution in [2.24, 2.45) is 0 Å². The van der Waals surface area contributed by atoms with Crippen LogP contribution in [-0.2, 0) is 4.79 Å². The Balaban J connectivity index is 2.05. The molecule has 0 bridgehead atoms. The van der Waals surface area contributed by atoms with E-state index in [0.717, 1.165) is 0 Å². The smallest absolute Gasteiger partial charge is 0.323 e. The van der Waals surface area contributed by atoms with E-state index in [9.17, 15) is 14.0 Å². The number of methoxy groups -OCH3 is 1. The summed E-state index contributed by atoms with van der Waals surface area (Å²) in [5.74, 6) is -0.432. The molecule has 0 aliphatic carbocycles. The second-order valence-electron chi connectivity index (χ2n) is 4.72. The van der Waals surface area contributed by atoms with Crippen molar-refractivity contribution in [3.05, 3.63) is 48.3 Å². The minimum atomic E-state index is -0.544. The molecule has 0 fully saturated rings. The van der Waals surface area contributed by atoms with Crippen molar-refractivity contribution in [3.63, 3.8) is 0 Å². The van der Waals surface area contributed by atoms with Crippen molar-refractivity contribution >= 4 is 29.0 Å². The molecule has 2 aromatic carbocycles. The molecule has 120 valence electrons. The molecule has 0 saturated heterocycles. The molecule has 0 heterocycles. The zero-order chi connectivity index (χ0) is 16.8. The minimum absolute atomic E-state index is 0.210. The Labute approximate surface area is 132 Å². The van der Waals surface area contributed by atoms with Crippen LogP contribution in [0.4, 0.5) is 26.2 Å². The van der Waals surface area contributed by atoms with Crippen LogP contribution in [0.25, 0.3) is 0 Å². The lowest BCUT2D eigenvalue weighted by Crippen LogP contribution is -2.19. The first-order chi connectivity index (χ1) is 11.0. The molecule has 3 N–H and O–H groups in total. The summed E-state index contributed by atoms with van der Waals surface area (Å²) >= 11 is 0. The highest BCUT2D eigenvalue weighted by molar-refractivity contribution is 6.00.